The maximum Gasteiger partial charge on any atom is 0.334 e. The zero-order chi connectivity index (χ0) is 14.0. The predicted octanol–water partition coefficient (Wildman–Crippen LogP) is 2.74. The molecule has 0 atom stereocenters. The summed E-state index contributed by atoms with van der Waals surface area (Å²) in [7, 11) is 0. The van der Waals surface area contributed by atoms with Crippen molar-refractivity contribution in [3.05, 3.63) is 59.4 Å². The molecule has 0 aliphatic heterocycles. The molecule has 0 saturated heterocycles. The third kappa shape index (κ3) is 2.92. The Bertz CT molecular complexity index is 721. The van der Waals surface area contributed by atoms with Gasteiger partial charge in [-0.25, -0.2) is 9.36 Å². The lowest BCUT2D eigenvalue weighted by Crippen LogP contribution is -2.36. The highest BCUT2D eigenvalue weighted by Gasteiger charge is 2.13. The summed E-state index contributed by atoms with van der Waals surface area (Å²) in [6.45, 7) is 1.96. The summed E-state index contributed by atoms with van der Waals surface area (Å²) in [5, 5.41) is 0.138. The monoisotopic (exact) mass is 390 g/mol. The fourth-order valence-corrected chi connectivity index (χ4v) is 2.65. The summed E-state index contributed by atoms with van der Waals surface area (Å²) >= 11 is 8.07. The van der Waals surface area contributed by atoms with Gasteiger partial charge in [0.05, 0.1) is 11.3 Å². The molecule has 0 bridgehead atoms. The van der Waals surface area contributed by atoms with Crippen LogP contribution in [-0.2, 0) is 6.42 Å². The zero-order valence-corrected chi connectivity index (χ0v) is 13.2. The van der Waals surface area contributed by atoms with E-state index in [2.05, 4.69) is 27.6 Å². The number of hydrogen-bond donors (Lipinski definition) is 1. The van der Waals surface area contributed by atoms with Crippen LogP contribution in [-0.4, -0.2) is 9.55 Å². The van der Waals surface area contributed by atoms with Crippen LogP contribution in [0.5, 0.6) is 0 Å². The van der Waals surface area contributed by atoms with Crippen molar-refractivity contribution in [2.75, 3.05) is 0 Å². The maximum atomic E-state index is 12.4. The first kappa shape index (κ1) is 14.3. The zero-order valence-electron chi connectivity index (χ0n) is 10.2. The molecule has 0 aliphatic rings. The molecule has 0 saturated carbocycles. The molecule has 0 spiro atoms. The lowest BCUT2D eigenvalue weighted by molar-refractivity contribution is 0.811. The normalized spacial score (nSPS) is 10.7. The molecular weight excluding hydrogens is 379 g/mol. The van der Waals surface area contributed by atoms with Gasteiger partial charge < -0.3 is 0 Å². The predicted molar refractivity (Wildman–Crippen MR) is 84.4 cm³/mol. The van der Waals surface area contributed by atoms with E-state index in [4.69, 9.17) is 11.6 Å². The number of benzene rings is 1. The van der Waals surface area contributed by atoms with Gasteiger partial charge in [0.2, 0.25) is 0 Å². The van der Waals surface area contributed by atoms with E-state index in [1.807, 2.05) is 13.0 Å². The van der Waals surface area contributed by atoms with Crippen LogP contribution in [0.15, 0.2) is 33.9 Å². The molecule has 1 aromatic heterocycles. The second-order valence-corrected chi connectivity index (χ2v) is 5.72. The van der Waals surface area contributed by atoms with Gasteiger partial charge in [-0.3, -0.25) is 9.78 Å². The lowest BCUT2D eigenvalue weighted by Gasteiger charge is -2.08. The largest absolute Gasteiger partial charge is 0.334 e. The van der Waals surface area contributed by atoms with Crippen molar-refractivity contribution < 1.29 is 0 Å². The molecule has 0 amide bonds. The van der Waals surface area contributed by atoms with Crippen LogP contribution in [0.4, 0.5) is 0 Å². The number of rotatable bonds is 3. The van der Waals surface area contributed by atoms with Crippen LogP contribution in [0.3, 0.4) is 0 Å². The first-order valence-corrected chi connectivity index (χ1v) is 7.30. The summed E-state index contributed by atoms with van der Waals surface area (Å²) in [4.78, 5) is 26.8. The number of nitrogens with zero attached hydrogens (tertiary/aromatic N) is 1. The Morgan fingerprint density at radius 1 is 1.37 bits per heavy atom. The number of aromatic nitrogens is 2. The molecule has 0 aliphatic carbocycles. The molecule has 4 nitrogen and oxygen atoms in total. The topological polar surface area (TPSA) is 54.9 Å². The number of aromatic amines is 1. The standard InChI is InChI=1S/C13H12ClIN2O2/c1-2-4-10-11(14)16-13(19)17(12(10)18)9-6-3-5-8(15)7-9/h3,5-7H,2,4H2,1H3,(H,16,19). The summed E-state index contributed by atoms with van der Waals surface area (Å²) in [6, 6.07) is 7.20. The molecule has 19 heavy (non-hydrogen) atoms. The maximum absolute atomic E-state index is 12.4. The minimum Gasteiger partial charge on any atom is -0.297 e. The Morgan fingerprint density at radius 2 is 2.11 bits per heavy atom. The minimum atomic E-state index is -0.517. The molecule has 1 aromatic carbocycles. The number of H-pyrrole nitrogens is 1. The Kier molecular flexibility index (Phi) is 4.46. The van der Waals surface area contributed by atoms with Crippen LogP contribution in [0.1, 0.15) is 18.9 Å². The molecule has 1 heterocycles. The summed E-state index contributed by atoms with van der Waals surface area (Å²) in [6.07, 6.45) is 1.33. The highest BCUT2D eigenvalue weighted by atomic mass is 127. The van der Waals surface area contributed by atoms with Gasteiger partial charge in [-0.1, -0.05) is 31.0 Å². The molecule has 0 unspecified atom stereocenters. The van der Waals surface area contributed by atoms with E-state index < -0.39 is 5.69 Å². The Morgan fingerprint density at radius 3 is 2.74 bits per heavy atom. The second kappa shape index (κ2) is 5.92. The number of nitrogens with one attached hydrogen (secondary N) is 1. The van der Waals surface area contributed by atoms with Gasteiger partial charge >= 0.3 is 5.69 Å². The summed E-state index contributed by atoms with van der Waals surface area (Å²) in [5.74, 6) is 0. The third-order valence-electron chi connectivity index (χ3n) is 2.71. The van der Waals surface area contributed by atoms with Crippen molar-refractivity contribution in [3.8, 4) is 5.69 Å². The first-order valence-electron chi connectivity index (χ1n) is 5.84. The molecule has 0 fully saturated rings. The van der Waals surface area contributed by atoms with E-state index >= 15 is 0 Å². The quantitative estimate of drug-likeness (QED) is 0.647. The summed E-state index contributed by atoms with van der Waals surface area (Å²) < 4.78 is 2.08. The molecule has 2 rings (SSSR count). The van der Waals surface area contributed by atoms with E-state index in [0.717, 1.165) is 14.6 Å². The average Bonchev–Trinajstić information content (AvgIpc) is 2.34. The smallest absolute Gasteiger partial charge is 0.297 e. The van der Waals surface area contributed by atoms with Gasteiger partial charge in [0.15, 0.2) is 0 Å². The van der Waals surface area contributed by atoms with Crippen LogP contribution < -0.4 is 11.2 Å². The van der Waals surface area contributed by atoms with Crippen molar-refractivity contribution in [2.24, 2.45) is 0 Å². The Labute approximate surface area is 128 Å². The molecule has 0 radical (unpaired) electrons. The highest BCUT2D eigenvalue weighted by molar-refractivity contribution is 14.1. The van der Waals surface area contributed by atoms with E-state index in [-0.39, 0.29) is 10.7 Å². The fourth-order valence-electron chi connectivity index (χ4n) is 1.86. The van der Waals surface area contributed by atoms with Gasteiger partial charge in [0.1, 0.15) is 5.15 Å². The fraction of sp³-hybridized carbons (Fsp3) is 0.231. The number of hydrogen-bond acceptors (Lipinski definition) is 2. The van der Waals surface area contributed by atoms with Crippen LogP contribution in [0, 0.1) is 3.57 Å². The van der Waals surface area contributed by atoms with Crippen molar-refractivity contribution in [3.63, 3.8) is 0 Å². The van der Waals surface area contributed by atoms with Crippen LogP contribution in [0.25, 0.3) is 5.69 Å². The lowest BCUT2D eigenvalue weighted by atomic mass is 10.2. The van der Waals surface area contributed by atoms with E-state index in [1.165, 1.54) is 0 Å². The SMILES string of the molecule is CCCc1c(Cl)[nH]c(=O)n(-c2cccc(I)c2)c1=O. The van der Waals surface area contributed by atoms with Gasteiger partial charge in [-0.15, -0.1) is 0 Å². The van der Waals surface area contributed by atoms with Crippen LogP contribution in [0.2, 0.25) is 5.15 Å². The Balaban J connectivity index is 2.74. The minimum absolute atomic E-state index is 0.138. The molecule has 6 heteroatoms. The van der Waals surface area contributed by atoms with Crippen molar-refractivity contribution in [1.82, 2.24) is 9.55 Å². The van der Waals surface area contributed by atoms with Gasteiger partial charge in [-0.2, -0.15) is 0 Å². The number of halogens is 2. The van der Waals surface area contributed by atoms with Crippen molar-refractivity contribution in [2.45, 2.75) is 19.8 Å². The van der Waals surface area contributed by atoms with Gasteiger partial charge in [-0.05, 0) is 47.2 Å². The van der Waals surface area contributed by atoms with Gasteiger partial charge in [0, 0.05) is 3.57 Å². The molecule has 2 aromatic rings. The highest BCUT2D eigenvalue weighted by Crippen LogP contribution is 2.12. The average molecular weight is 391 g/mol. The van der Waals surface area contributed by atoms with Crippen LogP contribution >= 0.6 is 34.2 Å². The first-order chi connectivity index (χ1) is 9.04. The third-order valence-corrected chi connectivity index (χ3v) is 3.71. The second-order valence-electron chi connectivity index (χ2n) is 4.09. The van der Waals surface area contributed by atoms with E-state index in [9.17, 15) is 9.59 Å². The summed E-state index contributed by atoms with van der Waals surface area (Å²) in [5.41, 5.74) is 0.129. The molecule has 100 valence electrons. The molecular formula is C13H12ClIN2O2. The van der Waals surface area contributed by atoms with Crippen molar-refractivity contribution in [1.29, 1.82) is 0 Å². The van der Waals surface area contributed by atoms with E-state index in [1.54, 1.807) is 18.2 Å². The molecule has 1 N–H and O–H groups in total. The van der Waals surface area contributed by atoms with Crippen molar-refractivity contribution >= 4 is 34.2 Å². The van der Waals surface area contributed by atoms with E-state index in [0.29, 0.717) is 17.7 Å². The van der Waals surface area contributed by atoms with Gasteiger partial charge in [0.25, 0.3) is 5.56 Å². The Hall–Kier alpha value is -1.08.